The standard InChI is InChI=1S/C22H25N3O4S2/c1-15(2)31(27,28)17-7-4-6-16(14-17)21(26)24-10-12-25(13-11-24)22-23-20-18(29-3)8-5-9-19(20)30-22/h4-9,14-15H,10-13H2,1-3H3. The summed E-state index contributed by atoms with van der Waals surface area (Å²) in [7, 11) is -1.78. The molecule has 0 aliphatic carbocycles. The molecule has 0 atom stereocenters. The first kappa shape index (κ1) is 21.6. The van der Waals surface area contributed by atoms with Gasteiger partial charge in [0.25, 0.3) is 5.91 Å². The van der Waals surface area contributed by atoms with Gasteiger partial charge in [0.15, 0.2) is 15.0 Å². The second kappa shape index (κ2) is 8.47. The molecular formula is C22H25N3O4S2. The molecule has 1 aliphatic heterocycles. The molecule has 0 saturated carbocycles. The minimum absolute atomic E-state index is 0.147. The third kappa shape index (κ3) is 4.12. The number of piperazine rings is 1. The van der Waals surface area contributed by atoms with Crippen LogP contribution in [0.15, 0.2) is 47.4 Å². The van der Waals surface area contributed by atoms with Gasteiger partial charge in [-0.3, -0.25) is 4.79 Å². The molecule has 2 heterocycles. The van der Waals surface area contributed by atoms with Crippen LogP contribution in [0.5, 0.6) is 5.75 Å². The van der Waals surface area contributed by atoms with Crippen molar-refractivity contribution in [2.75, 3.05) is 38.2 Å². The maximum absolute atomic E-state index is 13.0. The molecule has 1 fully saturated rings. The van der Waals surface area contributed by atoms with Crippen LogP contribution in [0, 0.1) is 0 Å². The zero-order valence-corrected chi connectivity index (χ0v) is 19.4. The summed E-state index contributed by atoms with van der Waals surface area (Å²) in [5, 5.41) is 0.380. The molecule has 0 bridgehead atoms. The first-order chi connectivity index (χ1) is 14.8. The van der Waals surface area contributed by atoms with Crippen molar-refractivity contribution in [2.24, 2.45) is 0 Å². The molecule has 1 saturated heterocycles. The average molecular weight is 460 g/mol. The SMILES string of the molecule is COc1cccc2sc(N3CCN(C(=O)c4cccc(S(=O)(=O)C(C)C)c4)CC3)nc12. The predicted octanol–water partition coefficient (Wildman–Crippen LogP) is 3.45. The van der Waals surface area contributed by atoms with Crippen LogP contribution in [0.3, 0.4) is 0 Å². The van der Waals surface area contributed by atoms with E-state index in [0.29, 0.717) is 31.7 Å². The summed E-state index contributed by atoms with van der Waals surface area (Å²) in [6, 6.07) is 12.2. The lowest BCUT2D eigenvalue weighted by Crippen LogP contribution is -2.48. The van der Waals surface area contributed by atoms with E-state index in [-0.39, 0.29) is 10.8 Å². The number of ether oxygens (including phenoxy) is 1. The van der Waals surface area contributed by atoms with Crippen LogP contribution < -0.4 is 9.64 Å². The highest BCUT2D eigenvalue weighted by molar-refractivity contribution is 7.92. The van der Waals surface area contributed by atoms with Crippen molar-refractivity contribution >= 4 is 42.4 Å². The van der Waals surface area contributed by atoms with E-state index in [1.807, 2.05) is 18.2 Å². The Labute approximate surface area is 186 Å². The third-order valence-electron chi connectivity index (χ3n) is 5.46. The predicted molar refractivity (Wildman–Crippen MR) is 123 cm³/mol. The number of sulfone groups is 1. The van der Waals surface area contributed by atoms with Crippen LogP contribution in [0.1, 0.15) is 24.2 Å². The number of nitrogens with zero attached hydrogens (tertiary/aromatic N) is 3. The molecule has 2 aromatic carbocycles. The molecule has 9 heteroatoms. The fourth-order valence-corrected chi connectivity index (χ4v) is 5.71. The largest absolute Gasteiger partial charge is 0.494 e. The molecule has 3 aromatic rings. The number of amides is 1. The van der Waals surface area contributed by atoms with Crippen molar-refractivity contribution in [2.45, 2.75) is 24.0 Å². The van der Waals surface area contributed by atoms with E-state index in [4.69, 9.17) is 9.72 Å². The number of methoxy groups -OCH3 is 1. The highest BCUT2D eigenvalue weighted by atomic mass is 32.2. The van der Waals surface area contributed by atoms with Gasteiger partial charge < -0.3 is 14.5 Å². The third-order valence-corrected chi connectivity index (χ3v) is 8.69. The monoisotopic (exact) mass is 459 g/mol. The number of para-hydroxylation sites is 1. The smallest absolute Gasteiger partial charge is 0.254 e. The Morgan fingerprint density at radius 1 is 1.10 bits per heavy atom. The average Bonchev–Trinajstić information content (AvgIpc) is 3.23. The molecule has 164 valence electrons. The molecule has 0 unspecified atom stereocenters. The van der Waals surface area contributed by atoms with Crippen molar-refractivity contribution in [3.8, 4) is 5.75 Å². The molecular weight excluding hydrogens is 434 g/mol. The van der Waals surface area contributed by atoms with Gasteiger partial charge in [0.05, 0.1) is 22.0 Å². The lowest BCUT2D eigenvalue weighted by Gasteiger charge is -2.34. The number of rotatable bonds is 5. The normalized spacial score (nSPS) is 15.0. The molecule has 0 spiro atoms. The highest BCUT2D eigenvalue weighted by Gasteiger charge is 2.26. The van der Waals surface area contributed by atoms with Gasteiger partial charge in [-0.25, -0.2) is 13.4 Å². The molecule has 1 aromatic heterocycles. The van der Waals surface area contributed by atoms with Crippen molar-refractivity contribution < 1.29 is 17.9 Å². The van der Waals surface area contributed by atoms with E-state index in [0.717, 1.165) is 21.1 Å². The molecule has 1 amide bonds. The first-order valence-electron chi connectivity index (χ1n) is 10.1. The van der Waals surface area contributed by atoms with Gasteiger partial charge in [0.2, 0.25) is 0 Å². The Bertz CT molecular complexity index is 1210. The van der Waals surface area contributed by atoms with Crippen molar-refractivity contribution in [1.82, 2.24) is 9.88 Å². The van der Waals surface area contributed by atoms with Crippen molar-refractivity contribution in [1.29, 1.82) is 0 Å². The summed E-state index contributed by atoms with van der Waals surface area (Å²) in [6.45, 7) is 5.71. The van der Waals surface area contributed by atoms with Crippen LogP contribution in [0.2, 0.25) is 0 Å². The minimum Gasteiger partial charge on any atom is -0.494 e. The van der Waals surface area contributed by atoms with E-state index in [1.165, 1.54) is 6.07 Å². The van der Waals surface area contributed by atoms with Crippen LogP contribution in [-0.2, 0) is 9.84 Å². The summed E-state index contributed by atoms with van der Waals surface area (Å²) in [5.41, 5.74) is 1.26. The molecule has 0 N–H and O–H groups in total. The lowest BCUT2D eigenvalue weighted by atomic mass is 10.2. The zero-order chi connectivity index (χ0) is 22.2. The summed E-state index contributed by atoms with van der Waals surface area (Å²) in [5.74, 6) is 0.608. The molecule has 0 radical (unpaired) electrons. The van der Waals surface area contributed by atoms with E-state index in [1.54, 1.807) is 55.4 Å². The summed E-state index contributed by atoms with van der Waals surface area (Å²) < 4.78 is 31.4. The highest BCUT2D eigenvalue weighted by Crippen LogP contribution is 2.34. The van der Waals surface area contributed by atoms with Gasteiger partial charge in [0, 0.05) is 31.7 Å². The number of carbonyl (C=O) groups excluding carboxylic acids is 1. The van der Waals surface area contributed by atoms with Gasteiger partial charge in [0.1, 0.15) is 11.3 Å². The zero-order valence-electron chi connectivity index (χ0n) is 17.7. The van der Waals surface area contributed by atoms with E-state index >= 15 is 0 Å². The van der Waals surface area contributed by atoms with Crippen LogP contribution in [0.4, 0.5) is 5.13 Å². The molecule has 1 aliphatic rings. The number of fused-ring (bicyclic) bond motifs is 1. The van der Waals surface area contributed by atoms with Crippen LogP contribution in [-0.4, -0.2) is 62.7 Å². The van der Waals surface area contributed by atoms with Gasteiger partial charge in [-0.2, -0.15) is 0 Å². The second-order valence-electron chi connectivity index (χ2n) is 7.70. The van der Waals surface area contributed by atoms with Gasteiger partial charge in [-0.1, -0.05) is 23.5 Å². The number of aromatic nitrogens is 1. The van der Waals surface area contributed by atoms with Crippen LogP contribution in [0.25, 0.3) is 10.2 Å². The van der Waals surface area contributed by atoms with E-state index in [2.05, 4.69) is 4.90 Å². The summed E-state index contributed by atoms with van der Waals surface area (Å²) in [6.07, 6.45) is 0. The van der Waals surface area contributed by atoms with Crippen molar-refractivity contribution in [3.63, 3.8) is 0 Å². The number of hydrogen-bond acceptors (Lipinski definition) is 7. The van der Waals surface area contributed by atoms with E-state index < -0.39 is 15.1 Å². The fourth-order valence-electron chi connectivity index (χ4n) is 3.57. The number of hydrogen-bond donors (Lipinski definition) is 0. The Hall–Kier alpha value is -2.65. The number of benzene rings is 2. The Morgan fingerprint density at radius 2 is 1.81 bits per heavy atom. The van der Waals surface area contributed by atoms with Gasteiger partial charge in [-0.05, 0) is 44.2 Å². The molecule has 7 nitrogen and oxygen atoms in total. The number of carbonyl (C=O) groups is 1. The van der Waals surface area contributed by atoms with Crippen molar-refractivity contribution in [3.05, 3.63) is 48.0 Å². The first-order valence-corrected chi connectivity index (χ1v) is 12.5. The van der Waals surface area contributed by atoms with Crippen LogP contribution >= 0.6 is 11.3 Å². The number of anilines is 1. The molecule has 31 heavy (non-hydrogen) atoms. The topological polar surface area (TPSA) is 79.8 Å². The lowest BCUT2D eigenvalue weighted by molar-refractivity contribution is 0.0746. The summed E-state index contributed by atoms with van der Waals surface area (Å²) >= 11 is 1.61. The Balaban J connectivity index is 1.47. The fraction of sp³-hybridized carbons (Fsp3) is 0.364. The van der Waals surface area contributed by atoms with Gasteiger partial charge in [-0.15, -0.1) is 0 Å². The number of thiazole rings is 1. The Kier molecular flexibility index (Phi) is 5.90. The maximum Gasteiger partial charge on any atom is 0.254 e. The van der Waals surface area contributed by atoms with E-state index in [9.17, 15) is 13.2 Å². The quantitative estimate of drug-likeness (QED) is 0.581. The molecule has 4 rings (SSSR count). The second-order valence-corrected chi connectivity index (χ2v) is 11.2. The maximum atomic E-state index is 13.0. The van der Waals surface area contributed by atoms with Gasteiger partial charge >= 0.3 is 0 Å². The summed E-state index contributed by atoms with van der Waals surface area (Å²) in [4.78, 5) is 21.9. The Morgan fingerprint density at radius 3 is 2.48 bits per heavy atom. The minimum atomic E-state index is -3.42.